The van der Waals surface area contributed by atoms with Crippen LogP contribution in [0.15, 0.2) is 22.7 Å². The molecule has 0 aliphatic carbocycles. The van der Waals surface area contributed by atoms with E-state index in [1.807, 2.05) is 17.8 Å². The summed E-state index contributed by atoms with van der Waals surface area (Å²) in [5.74, 6) is 1.19. The highest BCUT2D eigenvalue weighted by atomic mass is 79.9. The molecule has 2 heterocycles. The van der Waals surface area contributed by atoms with Gasteiger partial charge in [0.1, 0.15) is 11.3 Å². The van der Waals surface area contributed by atoms with E-state index >= 15 is 0 Å². The summed E-state index contributed by atoms with van der Waals surface area (Å²) in [5, 5.41) is 4.56. The van der Waals surface area contributed by atoms with Crippen LogP contribution in [0.5, 0.6) is 0 Å². The van der Waals surface area contributed by atoms with E-state index in [1.165, 1.54) is 5.56 Å². The van der Waals surface area contributed by atoms with Crippen LogP contribution >= 0.6 is 27.5 Å². The topological polar surface area (TPSA) is 35.6 Å². The molecule has 0 unspecified atom stereocenters. The fourth-order valence-corrected chi connectivity index (χ4v) is 3.20. The zero-order valence-corrected chi connectivity index (χ0v) is 14.5. The van der Waals surface area contributed by atoms with Crippen LogP contribution in [0, 0.1) is 6.92 Å². The van der Waals surface area contributed by atoms with Crippen LogP contribution in [-0.4, -0.2) is 19.3 Å². The van der Waals surface area contributed by atoms with Crippen LogP contribution in [0.4, 0.5) is 0 Å². The van der Waals surface area contributed by atoms with Gasteiger partial charge < -0.3 is 0 Å². The molecule has 2 aromatic heterocycles. The summed E-state index contributed by atoms with van der Waals surface area (Å²) in [7, 11) is 1.95. The number of halogens is 2. The van der Waals surface area contributed by atoms with Gasteiger partial charge in [0.2, 0.25) is 0 Å². The van der Waals surface area contributed by atoms with Crippen molar-refractivity contribution in [2.75, 3.05) is 0 Å². The zero-order chi connectivity index (χ0) is 15.1. The molecule has 4 nitrogen and oxygen atoms in total. The van der Waals surface area contributed by atoms with E-state index in [0.29, 0.717) is 5.88 Å². The van der Waals surface area contributed by atoms with Crippen LogP contribution in [0.1, 0.15) is 24.0 Å². The molecule has 0 aliphatic rings. The monoisotopic (exact) mass is 366 g/mol. The number of hydrogen-bond donors (Lipinski definition) is 0. The summed E-state index contributed by atoms with van der Waals surface area (Å²) in [6, 6.07) is 6.24. The predicted molar refractivity (Wildman–Crippen MR) is 89.2 cm³/mol. The molecule has 0 bridgehead atoms. The average Bonchev–Trinajstić information content (AvgIpc) is 2.99. The highest BCUT2D eigenvalue weighted by molar-refractivity contribution is 9.10. The van der Waals surface area contributed by atoms with Crippen LogP contribution in [0.3, 0.4) is 0 Å². The van der Waals surface area contributed by atoms with E-state index < -0.39 is 0 Å². The molecule has 0 spiro atoms. The first-order chi connectivity index (χ1) is 10.1. The van der Waals surface area contributed by atoms with Crippen LogP contribution in [-0.2, 0) is 19.3 Å². The Morgan fingerprint density at radius 3 is 2.76 bits per heavy atom. The van der Waals surface area contributed by atoms with Crippen molar-refractivity contribution >= 4 is 38.7 Å². The summed E-state index contributed by atoms with van der Waals surface area (Å²) >= 11 is 9.75. The first-order valence-corrected chi connectivity index (χ1v) is 8.15. The Hall–Kier alpha value is -1.33. The van der Waals surface area contributed by atoms with Gasteiger partial charge in [0, 0.05) is 11.5 Å². The van der Waals surface area contributed by atoms with Crippen molar-refractivity contribution in [1.29, 1.82) is 0 Å². The van der Waals surface area contributed by atoms with E-state index in [2.05, 4.69) is 51.6 Å². The summed E-state index contributed by atoms with van der Waals surface area (Å²) in [6.45, 7) is 4.16. The summed E-state index contributed by atoms with van der Waals surface area (Å²) in [4.78, 5) is 4.70. The molecule has 0 aliphatic heterocycles. The van der Waals surface area contributed by atoms with Gasteiger partial charge in [-0.3, -0.25) is 4.57 Å². The van der Waals surface area contributed by atoms with Crippen molar-refractivity contribution in [3.8, 4) is 5.69 Å². The van der Waals surface area contributed by atoms with E-state index in [9.17, 15) is 0 Å². The smallest absolute Gasteiger partial charge is 0.163 e. The fraction of sp³-hybridized carbons (Fsp3) is 0.333. The molecule has 0 saturated carbocycles. The number of imidazole rings is 1. The van der Waals surface area contributed by atoms with E-state index in [4.69, 9.17) is 16.6 Å². The normalized spacial score (nSPS) is 11.5. The molecule has 6 heteroatoms. The number of aryl methyl sites for hydroxylation is 3. The Labute approximate surface area is 136 Å². The molecule has 0 atom stereocenters. The number of nitrogens with zero attached hydrogens (tertiary/aromatic N) is 4. The molecule has 3 rings (SSSR count). The zero-order valence-electron chi connectivity index (χ0n) is 12.2. The molecule has 0 saturated heterocycles. The summed E-state index contributed by atoms with van der Waals surface area (Å²) < 4.78 is 4.98. The molecule has 0 amide bonds. The van der Waals surface area contributed by atoms with Crippen molar-refractivity contribution in [3.63, 3.8) is 0 Å². The lowest BCUT2D eigenvalue weighted by molar-refractivity contribution is 0.744. The summed E-state index contributed by atoms with van der Waals surface area (Å²) in [5.41, 5.74) is 5.14. The lowest BCUT2D eigenvalue weighted by Gasteiger charge is -2.11. The van der Waals surface area contributed by atoms with E-state index in [0.717, 1.165) is 39.3 Å². The maximum absolute atomic E-state index is 6.12. The molecule has 0 radical (unpaired) electrons. The van der Waals surface area contributed by atoms with Gasteiger partial charge in [0.15, 0.2) is 5.65 Å². The van der Waals surface area contributed by atoms with Crippen LogP contribution in [0.2, 0.25) is 0 Å². The Balaban J connectivity index is 2.40. The second-order valence-electron chi connectivity index (χ2n) is 5.05. The minimum absolute atomic E-state index is 0.359. The third-order valence-electron chi connectivity index (χ3n) is 3.57. The van der Waals surface area contributed by atoms with E-state index in [-0.39, 0.29) is 0 Å². The van der Waals surface area contributed by atoms with Gasteiger partial charge in [0.25, 0.3) is 0 Å². The van der Waals surface area contributed by atoms with Crippen LogP contribution < -0.4 is 0 Å². The first kappa shape index (κ1) is 14.6. The van der Waals surface area contributed by atoms with Crippen molar-refractivity contribution in [2.45, 2.75) is 26.1 Å². The van der Waals surface area contributed by atoms with Gasteiger partial charge in [0.05, 0.1) is 17.3 Å². The number of fused-ring (bicyclic) bond motifs is 1. The SMILES string of the molecule is CCc1nn(C)c2c1nc(CCl)n2-c1cc(C)ccc1Br. The predicted octanol–water partition coefficient (Wildman–Crippen LogP) is 4.13. The Bertz CT molecular complexity index is 819. The molecule has 21 heavy (non-hydrogen) atoms. The molecule has 1 aromatic carbocycles. The van der Waals surface area contributed by atoms with Gasteiger partial charge in [-0.15, -0.1) is 11.6 Å². The maximum atomic E-state index is 6.12. The van der Waals surface area contributed by atoms with Crippen molar-refractivity contribution in [3.05, 3.63) is 39.8 Å². The number of rotatable bonds is 3. The Kier molecular flexibility index (Phi) is 3.80. The second kappa shape index (κ2) is 5.46. The first-order valence-electron chi connectivity index (χ1n) is 6.82. The fourth-order valence-electron chi connectivity index (χ4n) is 2.60. The average molecular weight is 368 g/mol. The van der Waals surface area contributed by atoms with Gasteiger partial charge in [-0.1, -0.05) is 13.0 Å². The third-order valence-corrected chi connectivity index (χ3v) is 4.48. The summed E-state index contributed by atoms with van der Waals surface area (Å²) in [6.07, 6.45) is 0.852. The van der Waals surface area contributed by atoms with Gasteiger partial charge in [-0.25, -0.2) is 9.67 Å². The van der Waals surface area contributed by atoms with E-state index in [1.54, 1.807) is 0 Å². The number of alkyl halides is 1. The van der Waals surface area contributed by atoms with Crippen molar-refractivity contribution in [2.24, 2.45) is 7.05 Å². The number of hydrogen-bond acceptors (Lipinski definition) is 2. The molecular weight excluding hydrogens is 352 g/mol. The lowest BCUT2D eigenvalue weighted by Crippen LogP contribution is -2.05. The van der Waals surface area contributed by atoms with Crippen molar-refractivity contribution in [1.82, 2.24) is 19.3 Å². The van der Waals surface area contributed by atoms with Crippen molar-refractivity contribution < 1.29 is 0 Å². The lowest BCUT2D eigenvalue weighted by atomic mass is 10.2. The Morgan fingerprint density at radius 2 is 2.10 bits per heavy atom. The maximum Gasteiger partial charge on any atom is 0.163 e. The molecule has 0 N–H and O–H groups in total. The second-order valence-corrected chi connectivity index (χ2v) is 6.17. The molecule has 110 valence electrons. The van der Waals surface area contributed by atoms with Gasteiger partial charge in [-0.2, -0.15) is 5.10 Å². The quantitative estimate of drug-likeness (QED) is 0.652. The molecule has 3 aromatic rings. The number of aromatic nitrogens is 4. The van der Waals surface area contributed by atoms with Gasteiger partial charge >= 0.3 is 0 Å². The highest BCUT2D eigenvalue weighted by Gasteiger charge is 2.20. The van der Waals surface area contributed by atoms with Gasteiger partial charge in [-0.05, 0) is 47.0 Å². The third kappa shape index (κ3) is 2.28. The standard InChI is InChI=1S/C15H16BrClN4/c1-4-11-14-15(20(3)19-11)21(13(8-17)18-14)12-7-9(2)5-6-10(12)16/h5-7H,4,8H2,1-3H3. The largest absolute Gasteiger partial charge is 0.279 e. The van der Waals surface area contributed by atoms with Crippen LogP contribution in [0.25, 0.3) is 16.9 Å². The molecular formula is C15H16BrClN4. The highest BCUT2D eigenvalue weighted by Crippen LogP contribution is 2.30. The minimum Gasteiger partial charge on any atom is -0.279 e. The minimum atomic E-state index is 0.359. The number of benzene rings is 1. The molecule has 0 fully saturated rings. The Morgan fingerprint density at radius 1 is 1.33 bits per heavy atom.